The zero-order valence-corrected chi connectivity index (χ0v) is 17.4. The van der Waals surface area contributed by atoms with Crippen molar-refractivity contribution in [2.45, 2.75) is 25.0 Å². The van der Waals surface area contributed by atoms with Crippen LogP contribution < -0.4 is 9.47 Å². The van der Waals surface area contributed by atoms with Crippen LogP contribution in [0.5, 0.6) is 11.5 Å². The van der Waals surface area contributed by atoms with Gasteiger partial charge >= 0.3 is 0 Å². The smallest absolute Gasteiger partial charge is 0.219 e. The summed E-state index contributed by atoms with van der Waals surface area (Å²) in [6, 6.07) is 12.1. The molecule has 2 aromatic rings. The van der Waals surface area contributed by atoms with Crippen molar-refractivity contribution in [3.05, 3.63) is 70.8 Å². The molecular formula is C23H22O5S. The van der Waals surface area contributed by atoms with Crippen LogP contribution in [-0.4, -0.2) is 36.2 Å². The minimum Gasteiger partial charge on any atom is -0.496 e. The summed E-state index contributed by atoms with van der Waals surface area (Å²) >= 11 is 1.08. The largest absolute Gasteiger partial charge is 0.496 e. The van der Waals surface area contributed by atoms with Crippen LogP contribution in [0.4, 0.5) is 0 Å². The molecule has 0 aromatic heterocycles. The van der Waals surface area contributed by atoms with Crippen LogP contribution in [0.3, 0.4) is 0 Å². The molecular weight excluding hydrogens is 388 g/mol. The third-order valence-electron chi connectivity index (χ3n) is 4.75. The Morgan fingerprint density at radius 1 is 0.966 bits per heavy atom. The van der Waals surface area contributed by atoms with E-state index in [-0.39, 0.29) is 27.8 Å². The number of thioether (sulfide) groups is 1. The van der Waals surface area contributed by atoms with E-state index in [9.17, 15) is 14.4 Å². The molecule has 2 aromatic carbocycles. The Kier molecular flexibility index (Phi) is 6.54. The Bertz CT molecular complexity index is 978. The van der Waals surface area contributed by atoms with Gasteiger partial charge in [-0.3, -0.25) is 14.4 Å². The molecule has 1 aliphatic carbocycles. The summed E-state index contributed by atoms with van der Waals surface area (Å²) in [5.41, 5.74) is 1.29. The van der Waals surface area contributed by atoms with E-state index in [2.05, 4.69) is 0 Å². The Balaban J connectivity index is 2.00. The Morgan fingerprint density at radius 2 is 1.59 bits per heavy atom. The lowest BCUT2D eigenvalue weighted by atomic mass is 9.86. The van der Waals surface area contributed by atoms with Crippen molar-refractivity contribution in [2.75, 3.05) is 14.2 Å². The van der Waals surface area contributed by atoms with Crippen LogP contribution in [0.25, 0.3) is 0 Å². The summed E-state index contributed by atoms with van der Waals surface area (Å²) in [6.07, 6.45) is 2.70. The molecule has 0 radical (unpaired) electrons. The first-order chi connectivity index (χ1) is 14.0. The van der Waals surface area contributed by atoms with Crippen LogP contribution >= 0.6 is 11.8 Å². The van der Waals surface area contributed by atoms with Gasteiger partial charge in [-0.1, -0.05) is 55.4 Å². The molecule has 6 heteroatoms. The van der Waals surface area contributed by atoms with E-state index in [0.29, 0.717) is 29.1 Å². The molecule has 5 nitrogen and oxygen atoms in total. The number of carbonyl (C=O) groups excluding carboxylic acids is 3. The zero-order valence-electron chi connectivity index (χ0n) is 16.6. The van der Waals surface area contributed by atoms with Gasteiger partial charge in [0.05, 0.1) is 25.3 Å². The van der Waals surface area contributed by atoms with E-state index in [0.717, 1.165) is 18.2 Å². The Hall–Kier alpha value is -2.86. The molecule has 3 rings (SSSR count). The molecule has 0 aliphatic heterocycles. The molecule has 150 valence electrons. The quantitative estimate of drug-likeness (QED) is 0.656. The van der Waals surface area contributed by atoms with Gasteiger partial charge in [-0.05, 0) is 24.6 Å². The van der Waals surface area contributed by atoms with Crippen molar-refractivity contribution in [3.8, 4) is 11.5 Å². The van der Waals surface area contributed by atoms with E-state index >= 15 is 0 Å². The lowest BCUT2D eigenvalue weighted by Gasteiger charge is -2.24. The highest BCUT2D eigenvalue weighted by Crippen LogP contribution is 2.39. The van der Waals surface area contributed by atoms with Crippen molar-refractivity contribution in [1.82, 2.24) is 0 Å². The molecule has 1 unspecified atom stereocenters. The number of ether oxygens (including phenoxy) is 2. The molecule has 29 heavy (non-hydrogen) atoms. The van der Waals surface area contributed by atoms with Crippen molar-refractivity contribution in [2.24, 2.45) is 0 Å². The molecule has 0 amide bonds. The maximum Gasteiger partial charge on any atom is 0.219 e. The number of Topliss-reactive ketones (excluding diaryl/α,β-unsaturated/α-hetero) is 1. The van der Waals surface area contributed by atoms with E-state index < -0.39 is 5.25 Å². The van der Waals surface area contributed by atoms with Gasteiger partial charge in [-0.25, -0.2) is 0 Å². The minimum atomic E-state index is -0.423. The summed E-state index contributed by atoms with van der Waals surface area (Å²) in [5, 5.41) is -0.554. The van der Waals surface area contributed by atoms with Crippen LogP contribution in [0.1, 0.15) is 50.8 Å². The van der Waals surface area contributed by atoms with Gasteiger partial charge < -0.3 is 9.47 Å². The highest BCUT2D eigenvalue weighted by molar-refractivity contribution is 8.14. The minimum absolute atomic E-state index is 0.131. The van der Waals surface area contributed by atoms with E-state index in [1.165, 1.54) is 20.3 Å². The fourth-order valence-electron chi connectivity index (χ4n) is 3.35. The second kappa shape index (κ2) is 9.09. The third kappa shape index (κ3) is 4.12. The summed E-state index contributed by atoms with van der Waals surface area (Å²) in [7, 11) is 2.91. The number of carbonyl (C=O) groups is 3. The van der Waals surface area contributed by atoms with Crippen molar-refractivity contribution in [3.63, 3.8) is 0 Å². The molecule has 0 N–H and O–H groups in total. The first kappa shape index (κ1) is 20.9. The number of hydrogen-bond donors (Lipinski definition) is 0. The molecule has 0 saturated heterocycles. The highest BCUT2D eigenvalue weighted by atomic mass is 32.2. The second-order valence-corrected chi connectivity index (χ2v) is 7.74. The number of methoxy groups -OCH3 is 2. The lowest BCUT2D eigenvalue weighted by Crippen LogP contribution is -2.25. The normalized spacial score (nSPS) is 14.1. The summed E-state index contributed by atoms with van der Waals surface area (Å²) in [6.45, 7) is 1.98. The highest BCUT2D eigenvalue weighted by Gasteiger charge is 2.35. The second-order valence-electron chi connectivity index (χ2n) is 6.56. The first-order valence-corrected chi connectivity index (χ1v) is 10.2. The monoisotopic (exact) mass is 410 g/mol. The van der Waals surface area contributed by atoms with Gasteiger partial charge in [-0.15, -0.1) is 0 Å². The molecule has 0 spiro atoms. The molecule has 1 atom stereocenters. The number of rotatable bonds is 7. The maximum atomic E-state index is 13.4. The topological polar surface area (TPSA) is 69.7 Å². The number of ketones is 2. The SMILES string of the molecule is CCCC(SC(=O)c1ccccc1)C1=CC(=O)c2c(OC)ccc(OC)c2C1=O. The average molecular weight is 410 g/mol. The molecule has 0 bridgehead atoms. The van der Waals surface area contributed by atoms with Gasteiger partial charge in [0.1, 0.15) is 11.5 Å². The van der Waals surface area contributed by atoms with Gasteiger partial charge in [0.25, 0.3) is 0 Å². The molecule has 0 fully saturated rings. The van der Waals surface area contributed by atoms with Crippen molar-refractivity contribution >= 4 is 28.4 Å². The zero-order chi connectivity index (χ0) is 21.0. The van der Waals surface area contributed by atoms with Gasteiger partial charge in [-0.2, -0.15) is 0 Å². The third-order valence-corrected chi connectivity index (χ3v) is 5.97. The standard InChI is InChI=1S/C23H22O5S/c1-4-8-19(29-23(26)14-9-6-5-7-10-14)15-13-16(24)20-17(27-2)11-12-18(28-3)21(20)22(15)25/h5-7,9-13,19H,4,8H2,1-3H3. The number of fused-ring (bicyclic) bond motifs is 1. The predicted octanol–water partition coefficient (Wildman–Crippen LogP) is 4.75. The van der Waals surface area contributed by atoms with Gasteiger partial charge in [0.15, 0.2) is 11.6 Å². The molecule has 0 saturated carbocycles. The van der Waals surface area contributed by atoms with Crippen LogP contribution in [-0.2, 0) is 0 Å². The number of allylic oxidation sites excluding steroid dienone is 1. The van der Waals surface area contributed by atoms with Gasteiger partial charge in [0, 0.05) is 16.4 Å². The summed E-state index contributed by atoms with van der Waals surface area (Å²) in [5.74, 6) is 0.0234. The van der Waals surface area contributed by atoms with Gasteiger partial charge in [0.2, 0.25) is 5.12 Å². The summed E-state index contributed by atoms with van der Waals surface area (Å²) < 4.78 is 10.6. The van der Waals surface area contributed by atoms with E-state index in [4.69, 9.17) is 9.47 Å². The van der Waals surface area contributed by atoms with Crippen molar-refractivity contribution < 1.29 is 23.9 Å². The van der Waals surface area contributed by atoms with E-state index in [1.54, 1.807) is 36.4 Å². The van der Waals surface area contributed by atoms with Crippen molar-refractivity contribution in [1.29, 1.82) is 0 Å². The maximum absolute atomic E-state index is 13.4. The Labute approximate surface area is 174 Å². The number of hydrogen-bond acceptors (Lipinski definition) is 6. The van der Waals surface area contributed by atoms with Crippen LogP contribution in [0.2, 0.25) is 0 Å². The van der Waals surface area contributed by atoms with Crippen LogP contribution in [0.15, 0.2) is 54.1 Å². The number of benzene rings is 2. The first-order valence-electron chi connectivity index (χ1n) is 9.33. The summed E-state index contributed by atoms with van der Waals surface area (Å²) in [4.78, 5) is 39.0. The fourth-order valence-corrected chi connectivity index (χ4v) is 4.53. The molecule has 1 aliphatic rings. The lowest BCUT2D eigenvalue weighted by molar-refractivity contribution is 0.0976. The average Bonchev–Trinajstić information content (AvgIpc) is 2.75. The van der Waals surface area contributed by atoms with Crippen LogP contribution in [0, 0.1) is 0 Å². The fraction of sp³-hybridized carbons (Fsp3) is 0.261. The van der Waals surface area contributed by atoms with E-state index in [1.807, 2.05) is 13.0 Å². The Morgan fingerprint density at radius 3 is 2.17 bits per heavy atom. The predicted molar refractivity (Wildman–Crippen MR) is 113 cm³/mol. The molecule has 0 heterocycles.